The Hall–Kier alpha value is -1.16. The number of unbranched alkanes of at least 4 members (excludes halogenated alkanes) is 7. The van der Waals surface area contributed by atoms with Gasteiger partial charge in [0, 0.05) is 24.2 Å². The summed E-state index contributed by atoms with van der Waals surface area (Å²) < 4.78 is 0. The summed E-state index contributed by atoms with van der Waals surface area (Å²) in [4.78, 5) is 24.0. The molecule has 0 aromatic carbocycles. The standard InChI is InChI=1S/C18H32N2O2/c1-18(2,3)19-14-10-8-6-4-5-7-9-11-15-20-16(21)12-13-17(20)22/h12-13,19H,4-11,14-15H2,1-3H3. The van der Waals surface area contributed by atoms with E-state index in [1.165, 1.54) is 55.6 Å². The van der Waals surface area contributed by atoms with Gasteiger partial charge in [-0.3, -0.25) is 14.5 Å². The smallest absolute Gasteiger partial charge is 0.253 e. The first-order valence-corrected chi connectivity index (χ1v) is 8.69. The molecule has 2 amide bonds. The van der Waals surface area contributed by atoms with E-state index in [1.54, 1.807) is 0 Å². The van der Waals surface area contributed by atoms with Crippen LogP contribution in [-0.2, 0) is 9.59 Å². The summed E-state index contributed by atoms with van der Waals surface area (Å²) in [5.74, 6) is -0.317. The molecule has 4 nitrogen and oxygen atoms in total. The molecular formula is C18H32N2O2. The Bertz CT molecular complexity index is 365. The summed E-state index contributed by atoms with van der Waals surface area (Å²) in [6, 6.07) is 0. The quantitative estimate of drug-likeness (QED) is 0.470. The number of rotatable bonds is 11. The van der Waals surface area contributed by atoms with E-state index in [0.29, 0.717) is 6.54 Å². The van der Waals surface area contributed by atoms with E-state index in [2.05, 4.69) is 26.1 Å². The highest BCUT2D eigenvalue weighted by Crippen LogP contribution is 2.11. The Labute approximate surface area is 135 Å². The molecule has 0 unspecified atom stereocenters. The highest BCUT2D eigenvalue weighted by molar-refractivity contribution is 6.12. The molecule has 0 aromatic heterocycles. The van der Waals surface area contributed by atoms with Crippen molar-refractivity contribution in [1.29, 1.82) is 0 Å². The zero-order valence-corrected chi connectivity index (χ0v) is 14.5. The molecule has 0 atom stereocenters. The van der Waals surface area contributed by atoms with Crippen LogP contribution in [0.15, 0.2) is 12.2 Å². The maximum Gasteiger partial charge on any atom is 0.253 e. The maximum atomic E-state index is 11.4. The number of hydrogen-bond donors (Lipinski definition) is 1. The number of hydrogen-bond acceptors (Lipinski definition) is 3. The van der Waals surface area contributed by atoms with Crippen molar-refractivity contribution in [2.45, 2.75) is 77.7 Å². The molecule has 0 aliphatic carbocycles. The molecular weight excluding hydrogens is 276 g/mol. The third-order valence-corrected chi connectivity index (χ3v) is 3.86. The summed E-state index contributed by atoms with van der Waals surface area (Å²) in [6.45, 7) is 8.28. The van der Waals surface area contributed by atoms with Gasteiger partial charge in [-0.1, -0.05) is 38.5 Å². The predicted octanol–water partition coefficient (Wildman–Crippen LogP) is 3.42. The van der Waals surface area contributed by atoms with Crippen LogP contribution in [0.2, 0.25) is 0 Å². The number of nitrogens with zero attached hydrogens (tertiary/aromatic N) is 1. The van der Waals surface area contributed by atoms with Gasteiger partial charge in [-0.25, -0.2) is 0 Å². The van der Waals surface area contributed by atoms with Crippen LogP contribution in [0.25, 0.3) is 0 Å². The monoisotopic (exact) mass is 308 g/mol. The van der Waals surface area contributed by atoms with Crippen molar-refractivity contribution in [2.75, 3.05) is 13.1 Å². The fraction of sp³-hybridized carbons (Fsp3) is 0.778. The molecule has 1 rings (SSSR count). The molecule has 0 spiro atoms. The van der Waals surface area contributed by atoms with Crippen molar-refractivity contribution in [3.63, 3.8) is 0 Å². The lowest BCUT2D eigenvalue weighted by Gasteiger charge is -2.20. The van der Waals surface area contributed by atoms with Gasteiger partial charge in [-0.2, -0.15) is 0 Å². The fourth-order valence-electron chi connectivity index (χ4n) is 2.57. The Morgan fingerprint density at radius 1 is 0.818 bits per heavy atom. The first kappa shape index (κ1) is 18.9. The van der Waals surface area contributed by atoms with Crippen LogP contribution in [0.1, 0.15) is 72.1 Å². The Morgan fingerprint density at radius 3 is 1.77 bits per heavy atom. The molecule has 0 saturated carbocycles. The van der Waals surface area contributed by atoms with Crippen molar-refractivity contribution in [3.05, 3.63) is 12.2 Å². The number of carbonyl (C=O) groups excluding carboxylic acids is 2. The van der Waals surface area contributed by atoms with Gasteiger partial charge in [-0.15, -0.1) is 0 Å². The molecule has 0 fully saturated rings. The summed E-state index contributed by atoms with van der Waals surface area (Å²) in [5.41, 5.74) is 0.230. The minimum absolute atomic E-state index is 0.158. The first-order valence-electron chi connectivity index (χ1n) is 8.69. The van der Waals surface area contributed by atoms with E-state index in [0.717, 1.165) is 19.4 Å². The predicted molar refractivity (Wildman–Crippen MR) is 90.6 cm³/mol. The molecule has 1 aliphatic rings. The van der Waals surface area contributed by atoms with Crippen LogP contribution < -0.4 is 5.32 Å². The van der Waals surface area contributed by atoms with Crippen molar-refractivity contribution in [1.82, 2.24) is 10.2 Å². The summed E-state index contributed by atoms with van der Waals surface area (Å²) >= 11 is 0. The van der Waals surface area contributed by atoms with E-state index in [4.69, 9.17) is 0 Å². The molecule has 1 N–H and O–H groups in total. The molecule has 0 radical (unpaired) electrons. The Kier molecular flexibility index (Phi) is 8.39. The van der Waals surface area contributed by atoms with E-state index < -0.39 is 0 Å². The molecule has 0 aromatic rings. The maximum absolute atomic E-state index is 11.4. The second-order valence-electron chi connectivity index (χ2n) is 7.17. The molecule has 22 heavy (non-hydrogen) atoms. The lowest BCUT2D eigenvalue weighted by atomic mass is 10.1. The van der Waals surface area contributed by atoms with Gasteiger partial charge in [0.05, 0.1) is 0 Å². The zero-order chi connectivity index (χ0) is 16.4. The van der Waals surface area contributed by atoms with Crippen molar-refractivity contribution in [3.8, 4) is 0 Å². The van der Waals surface area contributed by atoms with Crippen LogP contribution in [0, 0.1) is 0 Å². The highest BCUT2D eigenvalue weighted by Gasteiger charge is 2.21. The van der Waals surface area contributed by atoms with Crippen LogP contribution in [0.3, 0.4) is 0 Å². The van der Waals surface area contributed by atoms with Crippen molar-refractivity contribution < 1.29 is 9.59 Å². The second-order valence-corrected chi connectivity index (χ2v) is 7.17. The van der Waals surface area contributed by atoms with Gasteiger partial charge in [-0.05, 0) is 40.2 Å². The molecule has 1 heterocycles. The van der Waals surface area contributed by atoms with Crippen LogP contribution in [0.4, 0.5) is 0 Å². The summed E-state index contributed by atoms with van der Waals surface area (Å²) in [7, 11) is 0. The Balaban J connectivity index is 1.84. The molecule has 1 aliphatic heterocycles. The highest BCUT2D eigenvalue weighted by atomic mass is 16.2. The van der Waals surface area contributed by atoms with Crippen LogP contribution in [0.5, 0.6) is 0 Å². The van der Waals surface area contributed by atoms with E-state index in [-0.39, 0.29) is 17.4 Å². The van der Waals surface area contributed by atoms with Crippen LogP contribution in [-0.4, -0.2) is 35.3 Å². The lowest BCUT2D eigenvalue weighted by molar-refractivity contribution is -0.136. The fourth-order valence-corrected chi connectivity index (χ4v) is 2.57. The molecule has 0 bridgehead atoms. The number of carbonyl (C=O) groups is 2. The normalized spacial score (nSPS) is 15.1. The minimum atomic E-state index is -0.158. The third-order valence-electron chi connectivity index (χ3n) is 3.86. The van der Waals surface area contributed by atoms with E-state index in [9.17, 15) is 9.59 Å². The Morgan fingerprint density at radius 2 is 1.27 bits per heavy atom. The van der Waals surface area contributed by atoms with Gasteiger partial charge >= 0.3 is 0 Å². The van der Waals surface area contributed by atoms with Gasteiger partial charge in [0.1, 0.15) is 0 Å². The minimum Gasteiger partial charge on any atom is -0.312 e. The van der Waals surface area contributed by atoms with Gasteiger partial charge < -0.3 is 5.32 Å². The van der Waals surface area contributed by atoms with E-state index >= 15 is 0 Å². The van der Waals surface area contributed by atoms with Crippen molar-refractivity contribution >= 4 is 11.8 Å². The summed E-state index contributed by atoms with van der Waals surface area (Å²) in [5, 5.41) is 3.51. The second kappa shape index (κ2) is 9.78. The van der Waals surface area contributed by atoms with Gasteiger partial charge in [0.25, 0.3) is 11.8 Å². The SMILES string of the molecule is CC(C)(C)NCCCCCCCCCCN1C(=O)C=CC1=O. The average molecular weight is 308 g/mol. The molecule has 126 valence electrons. The van der Waals surface area contributed by atoms with Crippen LogP contribution >= 0.6 is 0 Å². The number of amides is 2. The topological polar surface area (TPSA) is 49.4 Å². The number of nitrogens with one attached hydrogen (secondary N) is 1. The number of imide groups is 1. The van der Waals surface area contributed by atoms with Gasteiger partial charge in [0.2, 0.25) is 0 Å². The lowest BCUT2D eigenvalue weighted by Crippen LogP contribution is -2.36. The van der Waals surface area contributed by atoms with E-state index in [1.807, 2.05) is 0 Å². The first-order chi connectivity index (χ1) is 10.4. The molecule has 4 heteroatoms. The van der Waals surface area contributed by atoms with Gasteiger partial charge in [0.15, 0.2) is 0 Å². The summed E-state index contributed by atoms with van der Waals surface area (Å²) in [6.07, 6.45) is 12.3. The molecule has 0 saturated heterocycles. The zero-order valence-electron chi connectivity index (χ0n) is 14.5. The third kappa shape index (κ3) is 8.32. The largest absolute Gasteiger partial charge is 0.312 e. The average Bonchev–Trinajstić information content (AvgIpc) is 2.75. The van der Waals surface area contributed by atoms with Crippen molar-refractivity contribution in [2.24, 2.45) is 0 Å².